The number of hydrogen-bond donors (Lipinski definition) is 4. The van der Waals surface area contributed by atoms with Crippen molar-refractivity contribution >= 4 is 71.3 Å². The molecule has 1 aliphatic heterocycles. The van der Waals surface area contributed by atoms with Gasteiger partial charge in [0.05, 0.1) is 13.2 Å². The zero-order chi connectivity index (χ0) is 69.5. The van der Waals surface area contributed by atoms with Gasteiger partial charge in [-0.15, -0.1) is 0 Å². The molecule has 0 aromatic carbocycles. The molecule has 0 radical (unpaired) electrons. The summed E-state index contributed by atoms with van der Waals surface area (Å²) in [6, 6.07) is -13.4. The fourth-order valence-electron chi connectivity index (χ4n) is 11.3. The van der Waals surface area contributed by atoms with Crippen LogP contribution in [0, 0.1) is 41.4 Å². The predicted octanol–water partition coefficient (Wildman–Crippen LogP) is 4.27. The van der Waals surface area contributed by atoms with Crippen molar-refractivity contribution in [3.63, 3.8) is 0 Å². The average Bonchev–Trinajstić information content (AvgIpc) is 0.900. The maximum atomic E-state index is 15.2. The summed E-state index contributed by atoms with van der Waals surface area (Å²) in [6.07, 6.45) is 5.69. The lowest BCUT2D eigenvalue weighted by molar-refractivity contribution is -0.156. The Kier molecular flexibility index (Phi) is 34.8. The molecule has 24 heteroatoms. The van der Waals surface area contributed by atoms with Crippen LogP contribution in [0.5, 0.6) is 0 Å². The molecule has 90 heavy (non-hydrogen) atoms. The number of nitrogens with one attached hydrogen (secondary N) is 4. The van der Waals surface area contributed by atoms with E-state index in [1.807, 2.05) is 81.4 Å². The maximum Gasteiger partial charge on any atom is 0.248 e. The Hall–Kier alpha value is -6.46. The summed E-state index contributed by atoms with van der Waals surface area (Å²) in [4.78, 5) is 183. The van der Waals surface area contributed by atoms with E-state index in [1.54, 1.807) is 34.6 Å². The Morgan fingerprint density at radius 3 is 1.28 bits per heavy atom. The van der Waals surface area contributed by atoms with E-state index in [9.17, 15) is 33.6 Å². The minimum Gasteiger partial charge on any atom is -0.378 e. The molecule has 0 unspecified atom stereocenters. The number of allylic oxidation sites excluding steroid dienone is 2. The van der Waals surface area contributed by atoms with E-state index in [4.69, 9.17) is 4.74 Å². The van der Waals surface area contributed by atoms with Gasteiger partial charge in [0.15, 0.2) is 0 Å². The van der Waals surface area contributed by atoms with Gasteiger partial charge >= 0.3 is 0 Å². The standard InChI is InChI=1S/C66H117N11O13/c1-25-27-29-44(15)36-50-58(81)69-47(26-2)61(84)76(23)53(37-90-31-28-30-78)64(87)71(18)49(33-39(5)6)59(82)70-54(42(11)12)65(88)72(19)48(32-38(3)4)57(80)67-45(16)56(79)68-46(17)60(83)74(21)51(34-40(7)8)62(85)75(22)52(35-41(9)10)63(86)77(24)55(43(13)14)66(89)73(50)20/h25,27,30,38-55H,26,28-29,31-37H2,1-24H3,(H,67,80)(H,68,79)(H,69,81)(H,70,82)/b27-25+/t44-,45-,46+,47+,48-,49+,50+,51+,52+,53-,54-,55+/m1/s1. The highest BCUT2D eigenvalue weighted by Gasteiger charge is 2.45. The molecule has 1 heterocycles. The summed E-state index contributed by atoms with van der Waals surface area (Å²) in [5.74, 6) is -9.14. The van der Waals surface area contributed by atoms with E-state index in [0.29, 0.717) is 12.7 Å². The first kappa shape index (κ1) is 81.6. The molecule has 0 spiro atoms. The van der Waals surface area contributed by atoms with E-state index in [1.165, 1.54) is 92.6 Å². The van der Waals surface area contributed by atoms with Crippen molar-refractivity contribution in [2.45, 2.75) is 236 Å². The van der Waals surface area contributed by atoms with Crippen LogP contribution in [-0.2, 0) is 62.3 Å². The lowest BCUT2D eigenvalue weighted by atomic mass is 9.93. The second-order valence-electron chi connectivity index (χ2n) is 27.3. The summed E-state index contributed by atoms with van der Waals surface area (Å²) in [7, 11) is 10.1. The minimum atomic E-state index is -1.42. The van der Waals surface area contributed by atoms with Crippen molar-refractivity contribution in [1.29, 1.82) is 0 Å². The van der Waals surface area contributed by atoms with Crippen molar-refractivity contribution in [1.82, 2.24) is 55.6 Å². The van der Waals surface area contributed by atoms with Crippen LogP contribution < -0.4 is 21.3 Å². The SMILES string of the molecule is C/C=C/C[C@@H](C)C[C@H]1C(=O)N[C@@H](CC)C(=O)N(C)[C@H](COCCC=O)C(=O)N(C)[C@@H](CC(C)C)C(=O)N[C@H](C(C)C)C(=O)N(C)[C@H](CC(C)C)C(=O)N[C@H](C)C(=O)N[C@@H](C)C(=O)N(C)[C@@H](CC(C)C)C(=O)N(C)[C@@H](CC(C)C)C(=O)N(C)[C@@H](C(C)C)C(=O)N1C. The van der Waals surface area contributed by atoms with E-state index >= 15 is 24.0 Å². The van der Waals surface area contributed by atoms with Gasteiger partial charge in [0, 0.05) is 55.8 Å². The van der Waals surface area contributed by atoms with Crippen LogP contribution in [0.15, 0.2) is 12.2 Å². The first-order chi connectivity index (χ1) is 41.7. The summed E-state index contributed by atoms with van der Waals surface area (Å²) >= 11 is 0. The number of amides is 11. The molecule has 12 atom stereocenters. The molecule has 11 amide bonds. The summed E-state index contributed by atoms with van der Waals surface area (Å²) in [5, 5.41) is 11.2. The van der Waals surface area contributed by atoms with Crippen molar-refractivity contribution in [3.05, 3.63) is 12.2 Å². The van der Waals surface area contributed by atoms with Gasteiger partial charge in [0.1, 0.15) is 72.7 Å². The number of ether oxygens (including phenoxy) is 1. The van der Waals surface area contributed by atoms with Crippen LogP contribution in [-0.4, -0.2) is 235 Å². The summed E-state index contributed by atoms with van der Waals surface area (Å²) in [5.41, 5.74) is 0. The second kappa shape index (κ2) is 38.4. The molecular formula is C66H117N11O13. The van der Waals surface area contributed by atoms with E-state index in [2.05, 4.69) is 21.3 Å². The third-order valence-electron chi connectivity index (χ3n) is 16.9. The van der Waals surface area contributed by atoms with Crippen LogP contribution in [0.25, 0.3) is 0 Å². The quantitative estimate of drug-likeness (QED) is 0.0754. The zero-order valence-electron chi connectivity index (χ0n) is 59.1. The highest BCUT2D eigenvalue weighted by atomic mass is 16.5. The Morgan fingerprint density at radius 1 is 0.433 bits per heavy atom. The monoisotopic (exact) mass is 1270 g/mol. The normalized spacial score (nSPS) is 26.5. The van der Waals surface area contributed by atoms with Crippen molar-refractivity contribution in [2.75, 3.05) is 62.5 Å². The average molecular weight is 1270 g/mol. The van der Waals surface area contributed by atoms with Gasteiger partial charge in [-0.05, 0) is 107 Å². The number of aldehydes is 1. The first-order valence-electron chi connectivity index (χ1n) is 32.5. The van der Waals surface area contributed by atoms with E-state index in [-0.39, 0.29) is 81.1 Å². The lowest BCUT2D eigenvalue weighted by Gasteiger charge is -2.41. The molecule has 0 aromatic rings. The molecule has 1 rings (SSSR count). The Bertz CT molecular complexity index is 2450. The number of rotatable bonds is 20. The molecule has 4 N–H and O–H groups in total. The molecule has 0 aliphatic carbocycles. The molecule has 0 saturated carbocycles. The van der Waals surface area contributed by atoms with Crippen LogP contribution in [0.2, 0.25) is 0 Å². The summed E-state index contributed by atoms with van der Waals surface area (Å²) in [6.45, 7) is 29.7. The molecule has 1 fully saturated rings. The third kappa shape index (κ3) is 23.7. The van der Waals surface area contributed by atoms with Crippen LogP contribution in [0.1, 0.15) is 169 Å². The van der Waals surface area contributed by atoms with Crippen LogP contribution in [0.3, 0.4) is 0 Å². The lowest BCUT2D eigenvalue weighted by Crippen LogP contribution is -2.62. The first-order valence-corrected chi connectivity index (χ1v) is 32.5. The number of carbonyl (C=O) groups is 12. The smallest absolute Gasteiger partial charge is 0.248 e. The predicted molar refractivity (Wildman–Crippen MR) is 347 cm³/mol. The maximum absolute atomic E-state index is 15.2. The van der Waals surface area contributed by atoms with Gasteiger partial charge in [-0.2, -0.15) is 0 Å². The topological polar surface area (TPSA) is 285 Å². The van der Waals surface area contributed by atoms with Gasteiger partial charge in [0.2, 0.25) is 65.0 Å². The van der Waals surface area contributed by atoms with Gasteiger partial charge in [-0.3, -0.25) is 52.7 Å². The van der Waals surface area contributed by atoms with E-state index < -0.39 is 150 Å². The Labute approximate surface area is 538 Å². The fourth-order valence-corrected chi connectivity index (χ4v) is 11.3. The Morgan fingerprint density at radius 2 is 0.822 bits per heavy atom. The largest absolute Gasteiger partial charge is 0.378 e. The van der Waals surface area contributed by atoms with Crippen molar-refractivity contribution in [3.8, 4) is 0 Å². The molecule has 24 nitrogen and oxygen atoms in total. The van der Waals surface area contributed by atoms with Gasteiger partial charge < -0.3 is 65.1 Å². The van der Waals surface area contributed by atoms with E-state index in [0.717, 1.165) is 4.90 Å². The van der Waals surface area contributed by atoms with Gasteiger partial charge in [-0.25, -0.2) is 0 Å². The van der Waals surface area contributed by atoms with Crippen LogP contribution in [0.4, 0.5) is 0 Å². The third-order valence-corrected chi connectivity index (χ3v) is 16.9. The highest BCUT2D eigenvalue weighted by Crippen LogP contribution is 2.26. The summed E-state index contributed by atoms with van der Waals surface area (Å²) < 4.78 is 5.84. The Balaban J connectivity index is 4.47. The van der Waals surface area contributed by atoms with Crippen molar-refractivity contribution < 1.29 is 62.3 Å². The number of carbonyl (C=O) groups excluding carboxylic acids is 12. The molecule has 0 aromatic heterocycles. The highest BCUT2D eigenvalue weighted by molar-refractivity contribution is 6.00. The van der Waals surface area contributed by atoms with Gasteiger partial charge in [-0.1, -0.05) is 109 Å². The number of likely N-dealkylation sites (N-methyl/N-ethyl adjacent to an activating group) is 7. The number of nitrogens with zero attached hydrogens (tertiary/aromatic N) is 7. The number of hydrogen-bond acceptors (Lipinski definition) is 13. The minimum absolute atomic E-state index is 0.0252. The van der Waals surface area contributed by atoms with Gasteiger partial charge in [0.25, 0.3) is 0 Å². The zero-order valence-corrected chi connectivity index (χ0v) is 59.1. The molecular weight excluding hydrogens is 1150 g/mol. The molecule has 514 valence electrons. The van der Waals surface area contributed by atoms with Crippen molar-refractivity contribution in [2.24, 2.45) is 41.4 Å². The molecule has 1 saturated heterocycles. The molecule has 0 bridgehead atoms. The molecule has 1 aliphatic rings. The fraction of sp³-hybridized carbons (Fsp3) is 0.788. The second-order valence-corrected chi connectivity index (χ2v) is 27.3. The van der Waals surface area contributed by atoms with Crippen LogP contribution >= 0.6 is 0 Å².